The van der Waals surface area contributed by atoms with Crippen molar-refractivity contribution in [3.63, 3.8) is 0 Å². The van der Waals surface area contributed by atoms with Crippen LogP contribution in [-0.4, -0.2) is 43.2 Å². The second-order valence-corrected chi connectivity index (χ2v) is 7.19. The third-order valence-corrected chi connectivity index (χ3v) is 5.51. The molecule has 1 aromatic carbocycles. The van der Waals surface area contributed by atoms with E-state index in [-0.39, 0.29) is 12.0 Å². The Morgan fingerprint density at radius 2 is 2.08 bits per heavy atom. The van der Waals surface area contributed by atoms with E-state index in [1.807, 2.05) is 29.6 Å². The number of ether oxygens (including phenoxy) is 2. The van der Waals surface area contributed by atoms with Gasteiger partial charge in [0.1, 0.15) is 18.4 Å². The molecule has 4 rings (SSSR count). The molecular weight excluding hydrogens is 338 g/mol. The van der Waals surface area contributed by atoms with Gasteiger partial charge in [0.05, 0.1) is 11.6 Å². The molecule has 1 aromatic heterocycles. The number of piperidine rings is 1. The third kappa shape index (κ3) is 3.77. The van der Waals surface area contributed by atoms with Crippen molar-refractivity contribution in [1.29, 1.82) is 0 Å². The molecule has 0 saturated carbocycles. The fourth-order valence-electron chi connectivity index (χ4n) is 3.11. The summed E-state index contributed by atoms with van der Waals surface area (Å²) in [7, 11) is 0. The number of amides is 1. The Hall–Kier alpha value is -2.12. The summed E-state index contributed by atoms with van der Waals surface area (Å²) >= 11 is 1.58. The highest BCUT2D eigenvalue weighted by Crippen LogP contribution is 2.31. The Kier molecular flexibility index (Phi) is 4.85. The van der Waals surface area contributed by atoms with Gasteiger partial charge in [0.25, 0.3) is 5.91 Å². The number of hydrogen-bond acceptors (Lipinski definition) is 6. The minimum atomic E-state index is -0.193. The summed E-state index contributed by atoms with van der Waals surface area (Å²) in [4.78, 5) is 16.9. The molecule has 0 bridgehead atoms. The molecule has 2 aliphatic rings. The van der Waals surface area contributed by atoms with Gasteiger partial charge in [-0.3, -0.25) is 4.79 Å². The van der Waals surface area contributed by atoms with Crippen LogP contribution < -0.4 is 20.1 Å². The molecule has 2 aliphatic heterocycles. The van der Waals surface area contributed by atoms with Crippen molar-refractivity contribution in [3.05, 3.63) is 40.3 Å². The first-order chi connectivity index (χ1) is 12.3. The lowest BCUT2D eigenvalue weighted by molar-refractivity contribution is 0.0786. The minimum Gasteiger partial charge on any atom is -0.486 e. The number of nitrogens with zero attached hydrogens (tertiary/aromatic N) is 1. The molecule has 7 heteroatoms. The lowest BCUT2D eigenvalue weighted by Gasteiger charge is -2.26. The number of rotatable bonds is 4. The van der Waals surface area contributed by atoms with Crippen LogP contribution in [-0.2, 0) is 0 Å². The lowest BCUT2D eigenvalue weighted by atomic mass is 9.99. The van der Waals surface area contributed by atoms with E-state index in [9.17, 15) is 4.79 Å². The van der Waals surface area contributed by atoms with Crippen LogP contribution in [0.2, 0.25) is 0 Å². The summed E-state index contributed by atoms with van der Waals surface area (Å²) in [6.07, 6.45) is 1.98. The van der Waals surface area contributed by atoms with Crippen LogP contribution in [0.4, 0.5) is 0 Å². The zero-order valence-corrected chi connectivity index (χ0v) is 14.7. The first kappa shape index (κ1) is 16.4. The van der Waals surface area contributed by atoms with E-state index in [1.165, 1.54) is 0 Å². The monoisotopic (exact) mass is 359 g/mol. The van der Waals surface area contributed by atoms with Gasteiger partial charge in [-0.1, -0.05) is 12.1 Å². The Morgan fingerprint density at radius 3 is 2.92 bits per heavy atom. The first-order valence-corrected chi connectivity index (χ1v) is 9.50. The van der Waals surface area contributed by atoms with E-state index >= 15 is 0 Å². The van der Waals surface area contributed by atoms with Gasteiger partial charge in [-0.15, -0.1) is 11.3 Å². The molecule has 3 heterocycles. The SMILES string of the molecule is O=C(NCC1COc2ccccc2O1)c1csc(C2CCNCC2)n1. The van der Waals surface area contributed by atoms with Gasteiger partial charge in [-0.05, 0) is 38.1 Å². The van der Waals surface area contributed by atoms with Crippen LogP contribution in [0.1, 0.15) is 34.3 Å². The fourth-order valence-corrected chi connectivity index (χ4v) is 4.08. The van der Waals surface area contributed by atoms with Crippen molar-refractivity contribution in [1.82, 2.24) is 15.6 Å². The van der Waals surface area contributed by atoms with Gasteiger partial charge in [0.2, 0.25) is 0 Å². The quantitative estimate of drug-likeness (QED) is 0.875. The zero-order chi connectivity index (χ0) is 17.1. The average molecular weight is 359 g/mol. The topological polar surface area (TPSA) is 72.5 Å². The highest BCUT2D eigenvalue weighted by Gasteiger charge is 2.23. The second-order valence-electron chi connectivity index (χ2n) is 6.30. The number of aromatic nitrogens is 1. The Bertz CT molecular complexity index is 743. The minimum absolute atomic E-state index is 0.154. The maximum Gasteiger partial charge on any atom is 0.270 e. The average Bonchev–Trinajstić information content (AvgIpc) is 3.17. The summed E-state index contributed by atoms with van der Waals surface area (Å²) < 4.78 is 11.5. The normalized spacial score (nSPS) is 20.2. The predicted octanol–water partition coefficient (Wildman–Crippen LogP) is 2.18. The molecule has 1 fully saturated rings. The number of para-hydroxylation sites is 2. The number of hydrogen-bond donors (Lipinski definition) is 2. The highest BCUT2D eigenvalue weighted by molar-refractivity contribution is 7.09. The van der Waals surface area contributed by atoms with E-state index in [0.29, 0.717) is 24.8 Å². The number of nitrogens with one attached hydrogen (secondary N) is 2. The standard InChI is InChI=1S/C18H21N3O3S/c22-17(14-11-25-18(21-14)12-5-7-19-8-6-12)20-9-13-10-23-15-3-1-2-4-16(15)24-13/h1-4,11-13,19H,5-10H2,(H,20,22). The molecule has 132 valence electrons. The van der Waals surface area contributed by atoms with Crippen LogP contribution in [0.5, 0.6) is 11.5 Å². The van der Waals surface area contributed by atoms with Gasteiger partial charge in [0, 0.05) is 11.3 Å². The molecule has 0 aliphatic carbocycles. The molecular formula is C18H21N3O3S. The predicted molar refractivity (Wildman–Crippen MR) is 95.6 cm³/mol. The van der Waals surface area contributed by atoms with E-state index in [0.717, 1.165) is 42.4 Å². The number of carbonyl (C=O) groups excluding carboxylic acids is 1. The molecule has 1 unspecified atom stereocenters. The molecule has 2 N–H and O–H groups in total. The van der Waals surface area contributed by atoms with E-state index in [2.05, 4.69) is 15.6 Å². The third-order valence-electron chi connectivity index (χ3n) is 4.50. The largest absolute Gasteiger partial charge is 0.486 e. The summed E-state index contributed by atoms with van der Waals surface area (Å²) in [5.41, 5.74) is 0.496. The van der Waals surface area contributed by atoms with Crippen LogP contribution in [0.3, 0.4) is 0 Å². The smallest absolute Gasteiger partial charge is 0.270 e. The van der Waals surface area contributed by atoms with Crippen LogP contribution in [0.15, 0.2) is 29.6 Å². The van der Waals surface area contributed by atoms with Gasteiger partial charge in [-0.25, -0.2) is 4.98 Å². The van der Waals surface area contributed by atoms with Crippen molar-refractivity contribution in [2.24, 2.45) is 0 Å². The molecule has 0 radical (unpaired) electrons. The Labute approximate surface area is 150 Å². The summed E-state index contributed by atoms with van der Waals surface area (Å²) in [5, 5.41) is 9.17. The first-order valence-electron chi connectivity index (χ1n) is 8.62. The van der Waals surface area contributed by atoms with Gasteiger partial charge < -0.3 is 20.1 Å². The zero-order valence-electron chi connectivity index (χ0n) is 13.9. The summed E-state index contributed by atoms with van der Waals surface area (Å²) in [6.45, 7) is 2.86. The lowest BCUT2D eigenvalue weighted by Crippen LogP contribution is -2.40. The van der Waals surface area contributed by atoms with Crippen molar-refractivity contribution in [2.75, 3.05) is 26.2 Å². The van der Waals surface area contributed by atoms with Crippen molar-refractivity contribution < 1.29 is 14.3 Å². The Balaban J connectivity index is 1.31. The molecule has 2 aromatic rings. The number of thiazole rings is 1. The van der Waals surface area contributed by atoms with Crippen molar-refractivity contribution in [3.8, 4) is 11.5 Å². The fraction of sp³-hybridized carbons (Fsp3) is 0.444. The number of benzene rings is 1. The highest BCUT2D eigenvalue weighted by atomic mass is 32.1. The van der Waals surface area contributed by atoms with E-state index in [4.69, 9.17) is 9.47 Å². The van der Waals surface area contributed by atoms with Crippen LogP contribution in [0.25, 0.3) is 0 Å². The number of carbonyl (C=O) groups is 1. The van der Waals surface area contributed by atoms with Gasteiger partial charge in [-0.2, -0.15) is 0 Å². The summed E-state index contributed by atoms with van der Waals surface area (Å²) in [5.74, 6) is 1.78. The maximum atomic E-state index is 12.4. The maximum absolute atomic E-state index is 12.4. The van der Waals surface area contributed by atoms with Gasteiger partial charge in [0.15, 0.2) is 11.5 Å². The molecule has 6 nitrogen and oxygen atoms in total. The van der Waals surface area contributed by atoms with Crippen LogP contribution >= 0.6 is 11.3 Å². The van der Waals surface area contributed by atoms with Gasteiger partial charge >= 0.3 is 0 Å². The van der Waals surface area contributed by atoms with Crippen molar-refractivity contribution in [2.45, 2.75) is 24.9 Å². The van der Waals surface area contributed by atoms with Crippen LogP contribution in [0, 0.1) is 0 Å². The molecule has 25 heavy (non-hydrogen) atoms. The molecule has 1 atom stereocenters. The van der Waals surface area contributed by atoms with Crippen molar-refractivity contribution >= 4 is 17.2 Å². The second kappa shape index (κ2) is 7.41. The Morgan fingerprint density at radius 1 is 1.28 bits per heavy atom. The van der Waals surface area contributed by atoms with E-state index in [1.54, 1.807) is 11.3 Å². The summed E-state index contributed by atoms with van der Waals surface area (Å²) in [6, 6.07) is 7.56. The molecule has 1 amide bonds. The molecule has 1 saturated heterocycles. The van der Waals surface area contributed by atoms with E-state index < -0.39 is 0 Å². The number of fused-ring (bicyclic) bond motifs is 1. The molecule has 0 spiro atoms.